The van der Waals surface area contributed by atoms with Crippen molar-refractivity contribution in [3.63, 3.8) is 0 Å². The third-order valence-electron chi connectivity index (χ3n) is 10.2. The first kappa shape index (κ1) is 33.7. The van der Waals surface area contributed by atoms with Gasteiger partial charge in [0.25, 0.3) is 17.6 Å². The van der Waals surface area contributed by atoms with Gasteiger partial charge in [-0.15, -0.1) is 0 Å². The summed E-state index contributed by atoms with van der Waals surface area (Å²) in [6.07, 6.45) is -2.75. The zero-order valence-corrected chi connectivity index (χ0v) is 26.1. The maximum atomic E-state index is 14.2. The van der Waals surface area contributed by atoms with Crippen LogP contribution in [-0.2, 0) is 16.0 Å². The molecule has 0 spiro atoms. The number of imidazole rings is 1. The number of fused-ring (bicyclic) bond motifs is 1. The van der Waals surface area contributed by atoms with Crippen molar-refractivity contribution in [2.24, 2.45) is 17.8 Å². The van der Waals surface area contributed by atoms with Crippen LogP contribution in [0.1, 0.15) is 102 Å². The topological polar surface area (TPSA) is 137 Å². The average Bonchev–Trinajstić information content (AvgIpc) is 3.38. The molecule has 5 heterocycles. The highest BCUT2D eigenvalue weighted by Crippen LogP contribution is 2.56. The van der Waals surface area contributed by atoms with Gasteiger partial charge in [-0.2, -0.15) is 18.3 Å². The number of hydrogen-bond donors (Lipinski definition) is 2. The molecule has 4 atom stereocenters. The molecule has 2 saturated carbocycles. The molecule has 4 aliphatic rings. The van der Waals surface area contributed by atoms with Gasteiger partial charge in [0, 0.05) is 57.3 Å². The summed E-state index contributed by atoms with van der Waals surface area (Å²) in [4.78, 5) is 35.6. The first-order valence-electron chi connectivity index (χ1n) is 16.4. The van der Waals surface area contributed by atoms with E-state index in [0.29, 0.717) is 37.4 Å². The number of hydrogen-bond acceptors (Lipinski definition) is 8. The second-order valence-corrected chi connectivity index (χ2v) is 13.6. The molecule has 0 aromatic carbocycles. The summed E-state index contributed by atoms with van der Waals surface area (Å²) in [5, 5.41) is 13.5. The molecule has 2 amide bonds. The largest absolute Gasteiger partial charge is 0.393 e. The molecule has 2 N–H and O–H groups in total. The van der Waals surface area contributed by atoms with Gasteiger partial charge in [0.1, 0.15) is 17.5 Å². The van der Waals surface area contributed by atoms with Crippen molar-refractivity contribution < 1.29 is 49.6 Å². The first-order chi connectivity index (χ1) is 23.2. The standard InChI is InChI=1S/C31H34F7N7O4/c32-29(33)5-1-15(2-6-29)24(41-27(47)19-14-49-44-25(19)20-11-30(20,34)35)22-13-45-28(40-22)42-23(16-3-7-48-8-4-16)21(43-45)10-17-9-18(31(36,37)38)12-39-26(17)46/h13-18,20,24H,1-12H2,(H,39,46)(H,41,47)/t17-,18-,20?,24?/m1/s1. The highest BCUT2D eigenvalue weighted by atomic mass is 19.4. The van der Waals surface area contributed by atoms with Gasteiger partial charge in [0.2, 0.25) is 11.8 Å². The minimum atomic E-state index is -4.49. The Morgan fingerprint density at radius 2 is 1.80 bits per heavy atom. The van der Waals surface area contributed by atoms with Crippen LogP contribution in [0.3, 0.4) is 0 Å². The molecule has 266 valence electrons. The van der Waals surface area contributed by atoms with E-state index in [9.17, 15) is 40.3 Å². The van der Waals surface area contributed by atoms with Crippen LogP contribution in [0.25, 0.3) is 5.78 Å². The number of piperidine rings is 1. The Labute approximate surface area is 274 Å². The number of alkyl halides is 7. The number of amides is 2. The van der Waals surface area contributed by atoms with Crippen LogP contribution < -0.4 is 10.6 Å². The molecule has 2 saturated heterocycles. The predicted octanol–water partition coefficient (Wildman–Crippen LogP) is 5.28. The quantitative estimate of drug-likeness (QED) is 0.303. The molecule has 0 bridgehead atoms. The van der Waals surface area contributed by atoms with E-state index >= 15 is 0 Å². The lowest BCUT2D eigenvalue weighted by molar-refractivity contribution is -0.183. The van der Waals surface area contributed by atoms with E-state index in [1.165, 1.54) is 10.7 Å². The van der Waals surface area contributed by atoms with Crippen LogP contribution in [0.2, 0.25) is 0 Å². The van der Waals surface area contributed by atoms with Gasteiger partial charge in [-0.05, 0) is 38.0 Å². The molecule has 3 aromatic rings. The third kappa shape index (κ3) is 6.97. The van der Waals surface area contributed by atoms with Crippen molar-refractivity contribution in [2.75, 3.05) is 19.8 Å². The molecule has 2 aliphatic heterocycles. The molecule has 2 aliphatic carbocycles. The Morgan fingerprint density at radius 3 is 2.47 bits per heavy atom. The maximum absolute atomic E-state index is 14.2. The number of ether oxygens (including phenoxy) is 1. The fourth-order valence-corrected chi connectivity index (χ4v) is 7.26. The molecule has 2 unspecified atom stereocenters. The summed E-state index contributed by atoms with van der Waals surface area (Å²) in [5.41, 5.74) is 0.636. The van der Waals surface area contributed by atoms with E-state index in [1.807, 2.05) is 0 Å². The molecule has 11 nitrogen and oxygen atoms in total. The molecule has 3 aromatic heterocycles. The monoisotopic (exact) mass is 701 g/mol. The van der Waals surface area contributed by atoms with Gasteiger partial charge >= 0.3 is 6.18 Å². The minimum Gasteiger partial charge on any atom is -0.381 e. The summed E-state index contributed by atoms with van der Waals surface area (Å²) in [6.45, 7) is 0.352. The second-order valence-electron chi connectivity index (χ2n) is 13.6. The molecule has 7 rings (SSSR count). The molecule has 0 radical (unpaired) electrons. The molecular weight excluding hydrogens is 667 g/mol. The Morgan fingerprint density at radius 1 is 1.08 bits per heavy atom. The normalized spacial score (nSPS) is 26.8. The number of nitrogens with zero attached hydrogens (tertiary/aromatic N) is 5. The summed E-state index contributed by atoms with van der Waals surface area (Å²) in [6, 6.07) is -0.957. The van der Waals surface area contributed by atoms with E-state index < -0.39 is 91.8 Å². The third-order valence-corrected chi connectivity index (χ3v) is 10.2. The first-order valence-corrected chi connectivity index (χ1v) is 16.4. The number of aromatic nitrogens is 5. The maximum Gasteiger partial charge on any atom is 0.393 e. The van der Waals surface area contributed by atoms with Crippen LogP contribution in [0.15, 0.2) is 17.0 Å². The molecule has 4 fully saturated rings. The SMILES string of the molecule is O=C(NC(c1cn2nc(C[C@H]3C[C@@H](C(F)(F)F)CNC3=O)c(C3CCOCC3)nc2n1)C1CCC(F)(F)CC1)c1conc1C1CC1(F)F. The Hall–Kier alpha value is -3.83. The van der Waals surface area contributed by atoms with E-state index in [2.05, 4.69) is 25.9 Å². The van der Waals surface area contributed by atoms with Crippen LogP contribution in [0.5, 0.6) is 0 Å². The van der Waals surface area contributed by atoms with Gasteiger partial charge < -0.3 is 19.9 Å². The Bertz CT molecular complexity index is 1710. The van der Waals surface area contributed by atoms with Crippen molar-refractivity contribution in [3.05, 3.63) is 40.8 Å². The smallest absolute Gasteiger partial charge is 0.381 e. The molecule has 49 heavy (non-hydrogen) atoms. The van der Waals surface area contributed by atoms with Gasteiger partial charge in [-0.25, -0.2) is 32.0 Å². The second kappa shape index (κ2) is 12.5. The highest BCUT2D eigenvalue weighted by Gasteiger charge is 2.60. The molecular formula is C31H34F7N7O4. The molecule has 18 heteroatoms. The summed E-state index contributed by atoms with van der Waals surface area (Å²) in [5.74, 6) is -11.8. The van der Waals surface area contributed by atoms with Crippen molar-refractivity contribution in [3.8, 4) is 0 Å². The van der Waals surface area contributed by atoms with Crippen LogP contribution in [0, 0.1) is 17.8 Å². The fraction of sp³-hybridized carbons (Fsp3) is 0.677. The minimum absolute atomic E-state index is 0.0274. The fourth-order valence-electron chi connectivity index (χ4n) is 7.26. The zero-order chi connectivity index (χ0) is 34.7. The number of carbonyl (C=O) groups excluding carboxylic acids is 2. The number of nitrogens with one attached hydrogen (secondary N) is 2. The van der Waals surface area contributed by atoms with Gasteiger partial charge in [0.05, 0.1) is 41.2 Å². The highest BCUT2D eigenvalue weighted by molar-refractivity contribution is 5.95. The Kier molecular flexibility index (Phi) is 8.58. The van der Waals surface area contributed by atoms with Crippen LogP contribution >= 0.6 is 0 Å². The Balaban J connectivity index is 1.23. The van der Waals surface area contributed by atoms with Crippen molar-refractivity contribution in [1.82, 2.24) is 35.4 Å². The van der Waals surface area contributed by atoms with Gasteiger partial charge in [0.15, 0.2) is 0 Å². The lowest BCUT2D eigenvalue weighted by atomic mass is 9.81. The van der Waals surface area contributed by atoms with E-state index in [1.54, 1.807) is 0 Å². The lowest BCUT2D eigenvalue weighted by Gasteiger charge is -2.33. The van der Waals surface area contributed by atoms with Crippen molar-refractivity contribution in [2.45, 2.75) is 93.7 Å². The van der Waals surface area contributed by atoms with Gasteiger partial charge in [-0.1, -0.05) is 5.16 Å². The summed E-state index contributed by atoms with van der Waals surface area (Å²) < 4.78 is 109. The van der Waals surface area contributed by atoms with E-state index in [0.717, 1.165) is 6.26 Å². The summed E-state index contributed by atoms with van der Waals surface area (Å²) in [7, 11) is 0. The van der Waals surface area contributed by atoms with Crippen LogP contribution in [-0.4, -0.2) is 74.3 Å². The zero-order valence-electron chi connectivity index (χ0n) is 26.1. The van der Waals surface area contributed by atoms with E-state index in [4.69, 9.17) is 14.2 Å². The van der Waals surface area contributed by atoms with Crippen molar-refractivity contribution >= 4 is 17.6 Å². The lowest BCUT2D eigenvalue weighted by Crippen LogP contribution is -2.47. The van der Waals surface area contributed by atoms with Crippen molar-refractivity contribution in [1.29, 1.82) is 0 Å². The van der Waals surface area contributed by atoms with E-state index in [-0.39, 0.29) is 47.9 Å². The predicted molar refractivity (Wildman–Crippen MR) is 154 cm³/mol. The number of carbonyl (C=O) groups is 2. The number of rotatable bonds is 8. The summed E-state index contributed by atoms with van der Waals surface area (Å²) >= 11 is 0. The number of halogens is 7. The van der Waals surface area contributed by atoms with Gasteiger partial charge in [-0.3, -0.25) is 9.59 Å². The average molecular weight is 702 g/mol. The van der Waals surface area contributed by atoms with Crippen LogP contribution in [0.4, 0.5) is 30.7 Å².